The largest absolute Gasteiger partial charge is 0.0918 e. The second-order valence-electron chi connectivity index (χ2n) is 14.4. The van der Waals surface area contributed by atoms with Gasteiger partial charge in [-0.25, -0.2) is 0 Å². The predicted molar refractivity (Wildman–Crippen MR) is 239 cm³/mol. The van der Waals surface area contributed by atoms with Gasteiger partial charge in [-0.2, -0.15) is 0 Å². The molecule has 3 aliphatic carbocycles. The molecule has 0 spiro atoms. The summed E-state index contributed by atoms with van der Waals surface area (Å²) in [5.74, 6) is 0.364. The number of rotatable bonds is 4. The van der Waals surface area contributed by atoms with Crippen LogP contribution in [0.4, 0.5) is 0 Å². The van der Waals surface area contributed by atoms with Gasteiger partial charge in [0.1, 0.15) is 0 Å². The third kappa shape index (κ3) is 6.80. The van der Waals surface area contributed by atoms with Crippen LogP contribution in [0, 0.1) is 5.92 Å². The molecule has 0 fully saturated rings. The highest BCUT2D eigenvalue weighted by atomic mass is 14.3. The van der Waals surface area contributed by atoms with E-state index in [9.17, 15) is 0 Å². The molecule has 1 unspecified atom stereocenters. The Morgan fingerprint density at radius 2 is 1.24 bits per heavy atom. The summed E-state index contributed by atoms with van der Waals surface area (Å²) in [5.41, 5.74) is 11.9. The molecule has 0 bridgehead atoms. The van der Waals surface area contributed by atoms with Crippen molar-refractivity contribution >= 4 is 43.5 Å². The van der Waals surface area contributed by atoms with Crippen molar-refractivity contribution in [2.45, 2.75) is 12.8 Å². The highest BCUT2D eigenvalue weighted by Crippen LogP contribution is 2.45. The van der Waals surface area contributed by atoms with E-state index in [1.807, 2.05) is 0 Å². The Morgan fingerprint density at radius 1 is 0.491 bits per heavy atom. The van der Waals surface area contributed by atoms with Crippen LogP contribution in [-0.2, 0) is 0 Å². The molecule has 0 amide bonds. The number of benzene rings is 5. The Labute approximate surface area is 324 Å². The zero-order valence-electron chi connectivity index (χ0n) is 30.9. The van der Waals surface area contributed by atoms with Gasteiger partial charge in [-0.3, -0.25) is 0 Å². The molecule has 3 aliphatic rings. The molecule has 1 atom stereocenters. The molecule has 0 N–H and O–H groups in total. The zero-order valence-corrected chi connectivity index (χ0v) is 30.9. The van der Waals surface area contributed by atoms with E-state index in [4.69, 9.17) is 0 Å². The normalized spacial score (nSPS) is 19.1. The van der Waals surface area contributed by atoms with E-state index >= 15 is 0 Å². The van der Waals surface area contributed by atoms with Crippen LogP contribution in [0.2, 0.25) is 0 Å². The Bertz CT molecular complexity index is 2810. The fraction of sp³-hybridized carbons (Fsp3) is 0.0545. The second-order valence-corrected chi connectivity index (χ2v) is 14.4. The van der Waals surface area contributed by atoms with Gasteiger partial charge in [0.05, 0.1) is 0 Å². The van der Waals surface area contributed by atoms with Gasteiger partial charge >= 0.3 is 0 Å². The molecule has 0 nitrogen and oxygen atoms in total. The predicted octanol–water partition coefficient (Wildman–Crippen LogP) is 15.1. The molecule has 0 heteroatoms. The highest BCUT2D eigenvalue weighted by Gasteiger charge is 2.23. The van der Waals surface area contributed by atoms with Crippen LogP contribution < -0.4 is 0 Å². The fourth-order valence-corrected chi connectivity index (χ4v) is 8.32. The average molecular weight is 703 g/mol. The van der Waals surface area contributed by atoms with Gasteiger partial charge < -0.3 is 0 Å². The lowest BCUT2D eigenvalue weighted by Crippen LogP contribution is -2.07. The summed E-state index contributed by atoms with van der Waals surface area (Å²) < 4.78 is 0. The number of allylic oxidation sites excluding steroid dienone is 17. The summed E-state index contributed by atoms with van der Waals surface area (Å²) >= 11 is 0. The molecular weight excluding hydrogens is 661 g/mol. The van der Waals surface area contributed by atoms with Gasteiger partial charge in [0.15, 0.2) is 0 Å². The molecule has 55 heavy (non-hydrogen) atoms. The van der Waals surface area contributed by atoms with Gasteiger partial charge in [0.25, 0.3) is 0 Å². The van der Waals surface area contributed by atoms with Crippen LogP contribution in [0.1, 0.15) is 24.0 Å². The zero-order chi connectivity index (χ0) is 37.0. The molecule has 0 radical (unpaired) electrons. The molecule has 9 rings (SSSR count). The SMILES string of the molecule is C=C1/C=C\C=C/C/C=C(c2c(-c3ccc4ccccc4c3)ccccccc3c(C4=C5C=CC=CC5CC=C4)ccc(-c4cccc5ccccc45)c23)\C=C/1. The summed E-state index contributed by atoms with van der Waals surface area (Å²) in [6.07, 6.45) is 30.9. The lowest BCUT2D eigenvalue weighted by molar-refractivity contribution is 0.784. The van der Waals surface area contributed by atoms with Crippen LogP contribution in [0.25, 0.3) is 65.7 Å². The van der Waals surface area contributed by atoms with E-state index in [1.165, 1.54) is 76.8 Å². The van der Waals surface area contributed by atoms with E-state index < -0.39 is 0 Å². The average Bonchev–Trinajstić information content (AvgIpc) is 3.24. The summed E-state index contributed by atoms with van der Waals surface area (Å²) in [6, 6.07) is 49.1. The molecule has 0 heterocycles. The van der Waals surface area contributed by atoms with Crippen molar-refractivity contribution in [3.63, 3.8) is 0 Å². The Morgan fingerprint density at radius 3 is 2.16 bits per heavy atom. The van der Waals surface area contributed by atoms with E-state index in [0.29, 0.717) is 5.92 Å². The molecule has 6 aromatic rings. The molecular formula is C55H42. The first-order valence-corrected chi connectivity index (χ1v) is 19.3. The number of hydrogen-bond acceptors (Lipinski definition) is 0. The molecule has 0 saturated heterocycles. The van der Waals surface area contributed by atoms with Crippen LogP contribution >= 0.6 is 0 Å². The van der Waals surface area contributed by atoms with Crippen LogP contribution in [0.3, 0.4) is 0 Å². The van der Waals surface area contributed by atoms with Crippen molar-refractivity contribution in [3.8, 4) is 22.3 Å². The lowest BCUT2D eigenvalue weighted by atomic mass is 9.79. The lowest BCUT2D eigenvalue weighted by Gasteiger charge is -2.25. The van der Waals surface area contributed by atoms with Crippen molar-refractivity contribution in [1.82, 2.24) is 0 Å². The maximum atomic E-state index is 4.39. The summed E-state index contributed by atoms with van der Waals surface area (Å²) in [7, 11) is 0. The minimum atomic E-state index is 0.364. The Hall–Kier alpha value is -6.76. The molecule has 0 saturated carbocycles. The second kappa shape index (κ2) is 15.3. The quantitative estimate of drug-likeness (QED) is 0.172. The van der Waals surface area contributed by atoms with Gasteiger partial charge in [-0.1, -0.05) is 213 Å². The van der Waals surface area contributed by atoms with E-state index in [1.54, 1.807) is 0 Å². The van der Waals surface area contributed by atoms with Crippen LogP contribution in [-0.4, -0.2) is 0 Å². The molecule has 0 aromatic heterocycles. The Balaban J connectivity index is 1.51. The van der Waals surface area contributed by atoms with E-state index in [0.717, 1.165) is 24.0 Å². The maximum Gasteiger partial charge on any atom is 0.00618 e. The topological polar surface area (TPSA) is 0 Å². The number of fused-ring (bicyclic) bond motifs is 4. The van der Waals surface area contributed by atoms with E-state index in [-0.39, 0.29) is 0 Å². The molecule has 0 aliphatic heterocycles. The number of hydrogen-bond donors (Lipinski definition) is 0. The summed E-state index contributed by atoms with van der Waals surface area (Å²) in [4.78, 5) is 0. The van der Waals surface area contributed by atoms with Crippen molar-refractivity contribution in [1.29, 1.82) is 0 Å². The first kappa shape index (κ1) is 34.0. The first-order chi connectivity index (χ1) is 27.2. The molecule has 262 valence electrons. The van der Waals surface area contributed by atoms with Gasteiger partial charge in [-0.15, -0.1) is 0 Å². The first-order valence-electron chi connectivity index (χ1n) is 19.3. The van der Waals surface area contributed by atoms with Crippen molar-refractivity contribution in [2.75, 3.05) is 0 Å². The van der Waals surface area contributed by atoms with Crippen molar-refractivity contribution in [3.05, 3.63) is 241 Å². The third-order valence-electron chi connectivity index (χ3n) is 11.0. The molecule has 6 aromatic carbocycles. The third-order valence-corrected chi connectivity index (χ3v) is 11.0. The maximum absolute atomic E-state index is 4.39. The summed E-state index contributed by atoms with van der Waals surface area (Å²) in [5, 5.41) is 7.33. The van der Waals surface area contributed by atoms with Crippen molar-refractivity contribution < 1.29 is 0 Å². The van der Waals surface area contributed by atoms with Crippen molar-refractivity contribution in [2.24, 2.45) is 5.92 Å². The summed E-state index contributed by atoms with van der Waals surface area (Å²) in [6.45, 7) is 4.39. The monoisotopic (exact) mass is 702 g/mol. The van der Waals surface area contributed by atoms with Gasteiger partial charge in [0, 0.05) is 5.92 Å². The van der Waals surface area contributed by atoms with Gasteiger partial charge in [0.2, 0.25) is 0 Å². The van der Waals surface area contributed by atoms with Crippen LogP contribution in [0.15, 0.2) is 230 Å². The van der Waals surface area contributed by atoms with E-state index in [2.05, 4.69) is 219 Å². The minimum absolute atomic E-state index is 0.364. The minimum Gasteiger partial charge on any atom is -0.0918 e. The highest BCUT2D eigenvalue weighted by molar-refractivity contribution is 6.15. The fourth-order valence-electron chi connectivity index (χ4n) is 8.32. The smallest absolute Gasteiger partial charge is 0.00618 e. The van der Waals surface area contributed by atoms with Gasteiger partial charge in [-0.05, 0) is 107 Å². The Kier molecular flexibility index (Phi) is 9.47. The van der Waals surface area contributed by atoms with Crippen LogP contribution in [0.5, 0.6) is 0 Å². The standard InChI is InChI=1S/C55H42/c1-39-18-6-2-3-7-22-43(33-32-39)54-48(45-35-34-40-19-10-11-23-44(40)38-45)28-8-4-5-9-29-52-51(49-30-16-24-41-20-12-14-26-46(41)49)36-37-53(55(52)54)50-31-17-25-42-21-13-15-27-47(42)50/h2-6,8-23,25-38,41H,1,7,24H2/b3-2-,5-4?,8-4?,9-5?,18-6-,28-8?,29-9?,33-32-,43-22+,48-28?,52-29?,54-48?,55-54?.